The molecule has 0 spiro atoms. The molecule has 100 valence electrons. The van der Waals surface area contributed by atoms with E-state index >= 15 is 0 Å². The Labute approximate surface area is 114 Å². The van der Waals surface area contributed by atoms with Crippen LogP contribution < -0.4 is 0 Å². The first-order chi connectivity index (χ1) is 9.15. The molecule has 2 aromatic heterocycles. The van der Waals surface area contributed by atoms with Crippen molar-refractivity contribution in [2.24, 2.45) is 0 Å². The van der Waals surface area contributed by atoms with Gasteiger partial charge >= 0.3 is 5.97 Å². The van der Waals surface area contributed by atoms with Gasteiger partial charge in [-0.05, 0) is 19.9 Å². The molecule has 19 heavy (non-hydrogen) atoms. The minimum Gasteiger partial charge on any atom is -0.481 e. The molecule has 1 fully saturated rings. The van der Waals surface area contributed by atoms with E-state index in [1.165, 1.54) is 17.8 Å². The molecule has 2 aliphatic rings. The van der Waals surface area contributed by atoms with Crippen LogP contribution in [-0.4, -0.2) is 38.4 Å². The second-order valence-corrected chi connectivity index (χ2v) is 6.31. The lowest BCUT2D eigenvalue weighted by Gasteiger charge is -2.30. The van der Waals surface area contributed by atoms with Crippen LogP contribution in [0.3, 0.4) is 0 Å². The Kier molecular flexibility index (Phi) is 2.29. The Morgan fingerprint density at radius 2 is 2.42 bits per heavy atom. The number of nitrogens with zero attached hydrogens (tertiary/aromatic N) is 3. The van der Waals surface area contributed by atoms with Gasteiger partial charge in [-0.25, -0.2) is 4.98 Å². The first-order valence-electron chi connectivity index (χ1n) is 6.56. The molecule has 0 saturated carbocycles. The van der Waals surface area contributed by atoms with Crippen LogP contribution in [0, 0.1) is 0 Å². The highest BCUT2D eigenvalue weighted by Gasteiger charge is 2.41. The number of carboxylic acids is 1. The quantitative estimate of drug-likeness (QED) is 0.908. The summed E-state index contributed by atoms with van der Waals surface area (Å²) in [6.07, 6.45) is 3.45. The third-order valence-electron chi connectivity index (χ3n) is 4.46. The number of hydrogen-bond acceptors (Lipinski definition) is 4. The number of aliphatic carboxylic acids is 1. The summed E-state index contributed by atoms with van der Waals surface area (Å²) in [5, 5.41) is 11.0. The zero-order chi connectivity index (χ0) is 13.1. The summed E-state index contributed by atoms with van der Waals surface area (Å²) in [5.41, 5.74) is 3.29. The van der Waals surface area contributed by atoms with Gasteiger partial charge in [0, 0.05) is 23.5 Å². The summed E-state index contributed by atoms with van der Waals surface area (Å²) in [4.78, 5) is 19.1. The molecule has 2 atom stereocenters. The molecule has 0 aliphatic carbocycles. The van der Waals surface area contributed by atoms with E-state index in [1.54, 1.807) is 11.3 Å². The number of fused-ring (bicyclic) bond motifs is 6. The maximum atomic E-state index is 11.0. The van der Waals surface area contributed by atoms with Crippen molar-refractivity contribution >= 4 is 22.3 Å². The lowest BCUT2D eigenvalue weighted by molar-refractivity contribution is -0.136. The van der Waals surface area contributed by atoms with Gasteiger partial charge in [0.1, 0.15) is 0 Å². The predicted molar refractivity (Wildman–Crippen MR) is 71.6 cm³/mol. The molecule has 6 heteroatoms. The summed E-state index contributed by atoms with van der Waals surface area (Å²) >= 11 is 1.55. The number of thiazole rings is 1. The minimum atomic E-state index is -0.782. The van der Waals surface area contributed by atoms with Crippen molar-refractivity contribution in [1.82, 2.24) is 14.3 Å². The predicted octanol–water partition coefficient (Wildman–Crippen LogP) is 1.71. The van der Waals surface area contributed by atoms with Gasteiger partial charge in [0.05, 0.1) is 23.9 Å². The van der Waals surface area contributed by atoms with Crippen LogP contribution in [0.25, 0.3) is 4.96 Å². The fraction of sp³-hybridized carbons (Fsp3) is 0.538. The van der Waals surface area contributed by atoms with E-state index in [0.29, 0.717) is 12.1 Å². The maximum Gasteiger partial charge on any atom is 0.309 e. The molecule has 0 radical (unpaired) electrons. The van der Waals surface area contributed by atoms with Gasteiger partial charge in [-0.15, -0.1) is 11.3 Å². The normalized spacial score (nSPS) is 25.9. The fourth-order valence-electron chi connectivity index (χ4n) is 3.56. The Hall–Kier alpha value is -1.40. The number of carbonyl (C=O) groups is 1. The van der Waals surface area contributed by atoms with Crippen molar-refractivity contribution in [3.05, 3.63) is 22.5 Å². The lowest BCUT2D eigenvalue weighted by atomic mass is 10.0. The molecule has 2 aliphatic heterocycles. The first-order valence-corrected chi connectivity index (χ1v) is 7.44. The number of carboxylic acid groups (broad SMARTS) is 1. The van der Waals surface area contributed by atoms with Crippen LogP contribution in [0.15, 0.2) is 5.38 Å². The third-order valence-corrected chi connectivity index (χ3v) is 5.34. The third kappa shape index (κ3) is 1.50. The van der Waals surface area contributed by atoms with E-state index in [9.17, 15) is 4.79 Å². The minimum absolute atomic E-state index is 0.0721. The van der Waals surface area contributed by atoms with Crippen molar-refractivity contribution in [3.8, 4) is 0 Å². The smallest absolute Gasteiger partial charge is 0.309 e. The molecule has 1 saturated heterocycles. The van der Waals surface area contributed by atoms with E-state index in [-0.39, 0.29) is 6.42 Å². The topological polar surface area (TPSA) is 57.8 Å². The average molecular weight is 277 g/mol. The maximum absolute atomic E-state index is 11.0. The van der Waals surface area contributed by atoms with Crippen molar-refractivity contribution < 1.29 is 9.90 Å². The van der Waals surface area contributed by atoms with Crippen LogP contribution in [0.4, 0.5) is 0 Å². The van der Waals surface area contributed by atoms with Crippen molar-refractivity contribution in [2.45, 2.75) is 37.8 Å². The zero-order valence-electron chi connectivity index (χ0n) is 10.7. The van der Waals surface area contributed by atoms with E-state index in [2.05, 4.69) is 16.3 Å². The molecule has 2 unspecified atom stereocenters. The van der Waals surface area contributed by atoms with Gasteiger partial charge in [0.15, 0.2) is 4.96 Å². The lowest BCUT2D eigenvalue weighted by Crippen LogP contribution is -2.34. The van der Waals surface area contributed by atoms with Gasteiger partial charge in [0.2, 0.25) is 0 Å². The highest BCUT2D eigenvalue weighted by atomic mass is 32.1. The Morgan fingerprint density at radius 1 is 1.58 bits per heavy atom. The number of rotatable bonds is 2. The summed E-state index contributed by atoms with van der Waals surface area (Å²) in [5.74, 6) is -0.782. The van der Waals surface area contributed by atoms with Gasteiger partial charge < -0.3 is 5.11 Å². The molecular formula is C13H15N3O2S. The summed E-state index contributed by atoms with van der Waals surface area (Å²) in [6, 6.07) is 1.02. The molecule has 2 aromatic rings. The van der Waals surface area contributed by atoms with Crippen LogP contribution in [0.5, 0.6) is 0 Å². The Bertz CT molecular complexity index is 675. The van der Waals surface area contributed by atoms with Crippen LogP contribution in [0.2, 0.25) is 0 Å². The van der Waals surface area contributed by atoms with Crippen LogP contribution >= 0.6 is 11.3 Å². The summed E-state index contributed by atoms with van der Waals surface area (Å²) in [7, 11) is 2.17. The summed E-state index contributed by atoms with van der Waals surface area (Å²) < 4.78 is 2.09. The number of imidazole rings is 1. The fourth-order valence-corrected chi connectivity index (χ4v) is 4.48. The van der Waals surface area contributed by atoms with Crippen molar-refractivity contribution in [1.29, 1.82) is 0 Å². The van der Waals surface area contributed by atoms with Crippen LogP contribution in [0.1, 0.15) is 36.0 Å². The Balaban J connectivity index is 1.92. The van der Waals surface area contributed by atoms with Crippen LogP contribution in [-0.2, 0) is 17.6 Å². The average Bonchev–Trinajstić information content (AvgIpc) is 2.95. The van der Waals surface area contributed by atoms with E-state index < -0.39 is 5.97 Å². The molecular weight excluding hydrogens is 262 g/mol. The molecule has 5 nitrogen and oxygen atoms in total. The molecule has 2 bridgehead atoms. The number of aromatic nitrogens is 2. The molecule has 4 rings (SSSR count). The second-order valence-electron chi connectivity index (χ2n) is 5.48. The number of likely N-dealkylation sites (N-methyl/N-ethyl adjacent to an activating group) is 1. The van der Waals surface area contributed by atoms with E-state index in [0.717, 1.165) is 23.5 Å². The van der Waals surface area contributed by atoms with Gasteiger partial charge in [-0.3, -0.25) is 14.1 Å². The standard InChI is InChI=1S/C13H15N3O2S/c1-15-7-2-3-10(15)12-9(4-7)14-13-16(12)8(6-19-13)5-11(17)18/h6-7,10H,2-5H2,1H3,(H,17,18). The Morgan fingerprint density at radius 3 is 3.21 bits per heavy atom. The van der Waals surface area contributed by atoms with Gasteiger partial charge in [-0.2, -0.15) is 0 Å². The zero-order valence-corrected chi connectivity index (χ0v) is 11.5. The molecule has 4 heterocycles. The van der Waals surface area contributed by atoms with E-state index in [4.69, 9.17) is 10.1 Å². The molecule has 1 N–H and O–H groups in total. The highest BCUT2D eigenvalue weighted by Crippen LogP contribution is 2.43. The highest BCUT2D eigenvalue weighted by molar-refractivity contribution is 7.15. The van der Waals surface area contributed by atoms with E-state index in [1.807, 2.05) is 5.38 Å². The second kappa shape index (κ2) is 3.80. The van der Waals surface area contributed by atoms with Crippen molar-refractivity contribution in [2.75, 3.05) is 7.05 Å². The number of hydrogen-bond donors (Lipinski definition) is 1. The summed E-state index contributed by atoms with van der Waals surface area (Å²) in [6.45, 7) is 0. The van der Waals surface area contributed by atoms with Gasteiger partial charge in [-0.1, -0.05) is 0 Å². The molecule has 0 aromatic carbocycles. The monoisotopic (exact) mass is 277 g/mol. The first kappa shape index (κ1) is 11.4. The van der Waals surface area contributed by atoms with Gasteiger partial charge in [0.25, 0.3) is 0 Å². The van der Waals surface area contributed by atoms with Crippen molar-refractivity contribution in [3.63, 3.8) is 0 Å². The molecule has 0 amide bonds. The SMILES string of the molecule is CN1C2CCC1c1c(nc3scc(CC(=O)O)n13)C2. The largest absolute Gasteiger partial charge is 0.481 e.